The Morgan fingerprint density at radius 3 is 2.85 bits per heavy atom. The molecule has 3 heterocycles. The molecular formula is C15H16ClN3O4S3. The molecule has 1 N–H and O–H groups in total. The van der Waals surface area contributed by atoms with Gasteiger partial charge < -0.3 is 14.7 Å². The van der Waals surface area contributed by atoms with E-state index in [1.54, 1.807) is 6.08 Å². The standard InChI is InChI=1S/C15H16ClN3O4S3/c16-12-9(25-14(17-12)18-4-6-23-7-5-18)8-10-13(22)19(15(24)26-10)3-1-2-11(20)21/h8H,1-7H2,(H,20,21)/b10-8+. The van der Waals surface area contributed by atoms with E-state index >= 15 is 0 Å². The lowest BCUT2D eigenvalue weighted by Gasteiger charge is -2.25. The quantitative estimate of drug-likeness (QED) is 0.541. The summed E-state index contributed by atoms with van der Waals surface area (Å²) in [4.78, 5) is 32.3. The van der Waals surface area contributed by atoms with Crippen LogP contribution >= 0.6 is 46.9 Å². The number of thioether (sulfide) groups is 1. The number of nitrogens with zero attached hydrogens (tertiary/aromatic N) is 3. The van der Waals surface area contributed by atoms with Gasteiger partial charge in [0.05, 0.1) is 23.0 Å². The first-order valence-electron chi connectivity index (χ1n) is 7.92. The van der Waals surface area contributed by atoms with E-state index in [0.29, 0.717) is 45.4 Å². The first kappa shape index (κ1) is 19.6. The Balaban J connectivity index is 1.71. The van der Waals surface area contributed by atoms with Crippen LogP contribution in [0.4, 0.5) is 5.13 Å². The highest BCUT2D eigenvalue weighted by molar-refractivity contribution is 8.26. The van der Waals surface area contributed by atoms with Crippen LogP contribution in [0.25, 0.3) is 6.08 Å². The lowest BCUT2D eigenvalue weighted by molar-refractivity contribution is -0.137. The zero-order chi connectivity index (χ0) is 18.7. The number of rotatable bonds is 6. The van der Waals surface area contributed by atoms with Gasteiger partial charge in [-0.05, 0) is 12.5 Å². The zero-order valence-corrected chi connectivity index (χ0v) is 16.8. The fourth-order valence-corrected chi connectivity index (χ4v) is 5.10. The summed E-state index contributed by atoms with van der Waals surface area (Å²) in [5.74, 6) is -1.11. The van der Waals surface area contributed by atoms with Crippen LogP contribution < -0.4 is 4.90 Å². The molecule has 26 heavy (non-hydrogen) atoms. The summed E-state index contributed by atoms with van der Waals surface area (Å²) in [6, 6.07) is 0. The number of amides is 1. The minimum atomic E-state index is -0.891. The molecule has 2 aliphatic heterocycles. The van der Waals surface area contributed by atoms with E-state index in [1.165, 1.54) is 28.0 Å². The molecule has 0 aliphatic carbocycles. The number of hydrogen-bond donors (Lipinski definition) is 1. The molecule has 7 nitrogen and oxygen atoms in total. The van der Waals surface area contributed by atoms with E-state index in [0.717, 1.165) is 18.2 Å². The van der Waals surface area contributed by atoms with Crippen molar-refractivity contribution in [3.05, 3.63) is 14.9 Å². The maximum Gasteiger partial charge on any atom is 0.303 e. The predicted molar refractivity (Wildman–Crippen MR) is 107 cm³/mol. The summed E-state index contributed by atoms with van der Waals surface area (Å²) in [5, 5.41) is 9.88. The number of carboxylic acid groups (broad SMARTS) is 1. The molecule has 140 valence electrons. The summed E-state index contributed by atoms with van der Waals surface area (Å²) in [7, 11) is 0. The van der Waals surface area contributed by atoms with Crippen molar-refractivity contribution in [2.24, 2.45) is 0 Å². The van der Waals surface area contributed by atoms with Gasteiger partial charge >= 0.3 is 5.97 Å². The van der Waals surface area contributed by atoms with Crippen molar-refractivity contribution in [1.82, 2.24) is 9.88 Å². The van der Waals surface area contributed by atoms with Gasteiger partial charge in [0.15, 0.2) is 5.13 Å². The highest BCUT2D eigenvalue weighted by atomic mass is 35.5. The molecule has 3 rings (SSSR count). The van der Waals surface area contributed by atoms with Crippen LogP contribution in [0.3, 0.4) is 0 Å². The monoisotopic (exact) mass is 433 g/mol. The van der Waals surface area contributed by atoms with E-state index in [2.05, 4.69) is 9.88 Å². The number of thiocarbonyl (C=S) groups is 1. The average molecular weight is 434 g/mol. The number of aromatic nitrogens is 1. The van der Waals surface area contributed by atoms with E-state index in [-0.39, 0.29) is 12.3 Å². The van der Waals surface area contributed by atoms with Crippen LogP contribution in [0.1, 0.15) is 17.7 Å². The van der Waals surface area contributed by atoms with Crippen molar-refractivity contribution in [3.63, 3.8) is 0 Å². The number of hydrogen-bond acceptors (Lipinski definition) is 8. The van der Waals surface area contributed by atoms with Gasteiger partial charge in [0.25, 0.3) is 5.91 Å². The highest BCUT2D eigenvalue weighted by Crippen LogP contribution is 2.37. The van der Waals surface area contributed by atoms with Crippen molar-refractivity contribution >= 4 is 74.3 Å². The molecule has 1 aromatic rings. The highest BCUT2D eigenvalue weighted by Gasteiger charge is 2.32. The maximum absolute atomic E-state index is 12.5. The van der Waals surface area contributed by atoms with Gasteiger partial charge in [-0.15, -0.1) is 0 Å². The largest absolute Gasteiger partial charge is 0.481 e. The summed E-state index contributed by atoms with van der Waals surface area (Å²) in [6.07, 6.45) is 2.07. The number of carbonyl (C=O) groups excluding carboxylic acids is 1. The second-order valence-corrected chi connectivity index (χ2v) is 8.62. The Morgan fingerprint density at radius 2 is 2.15 bits per heavy atom. The van der Waals surface area contributed by atoms with Crippen molar-refractivity contribution in [2.75, 3.05) is 37.7 Å². The van der Waals surface area contributed by atoms with Crippen LogP contribution in [0.2, 0.25) is 5.15 Å². The maximum atomic E-state index is 12.5. The minimum Gasteiger partial charge on any atom is -0.481 e. The molecule has 1 aromatic heterocycles. The zero-order valence-electron chi connectivity index (χ0n) is 13.6. The van der Waals surface area contributed by atoms with Crippen LogP contribution in [0, 0.1) is 0 Å². The molecule has 0 spiro atoms. The number of thiazole rings is 1. The smallest absolute Gasteiger partial charge is 0.303 e. The SMILES string of the molecule is O=C(O)CCCN1C(=O)/C(=C\c2sc(N3CCOCC3)nc2Cl)SC1=S. The molecule has 0 saturated carbocycles. The molecule has 0 atom stereocenters. The van der Waals surface area contributed by atoms with E-state index < -0.39 is 5.97 Å². The van der Waals surface area contributed by atoms with Crippen molar-refractivity contribution in [2.45, 2.75) is 12.8 Å². The van der Waals surface area contributed by atoms with Gasteiger partial charge in [0, 0.05) is 26.1 Å². The fraction of sp³-hybridized carbons (Fsp3) is 0.467. The van der Waals surface area contributed by atoms with E-state index in [1.807, 2.05) is 0 Å². The van der Waals surface area contributed by atoms with Crippen LogP contribution in [0.5, 0.6) is 0 Å². The Hall–Kier alpha value is -1.20. The predicted octanol–water partition coefficient (Wildman–Crippen LogP) is 2.70. The number of halogens is 1. The number of carboxylic acids is 1. The van der Waals surface area contributed by atoms with Gasteiger partial charge in [-0.3, -0.25) is 14.5 Å². The third kappa shape index (κ3) is 4.55. The van der Waals surface area contributed by atoms with Crippen molar-refractivity contribution < 1.29 is 19.4 Å². The lowest BCUT2D eigenvalue weighted by Crippen LogP contribution is -2.36. The normalized spacial score (nSPS) is 19.7. The lowest BCUT2D eigenvalue weighted by atomic mass is 10.3. The molecule has 0 aromatic carbocycles. The van der Waals surface area contributed by atoms with E-state index in [4.69, 9.17) is 33.7 Å². The molecule has 1 amide bonds. The molecule has 2 aliphatic rings. The fourth-order valence-electron chi connectivity index (χ4n) is 2.48. The molecule has 2 fully saturated rings. The van der Waals surface area contributed by atoms with Gasteiger partial charge in [-0.2, -0.15) is 0 Å². The Bertz CT molecular complexity index is 761. The van der Waals surface area contributed by atoms with E-state index in [9.17, 15) is 9.59 Å². The first-order chi connectivity index (χ1) is 12.5. The van der Waals surface area contributed by atoms with Crippen molar-refractivity contribution in [1.29, 1.82) is 0 Å². The van der Waals surface area contributed by atoms with Crippen molar-refractivity contribution in [3.8, 4) is 0 Å². The van der Waals surface area contributed by atoms with Gasteiger partial charge in [0.2, 0.25) is 0 Å². The molecular weight excluding hydrogens is 418 g/mol. The van der Waals surface area contributed by atoms with Gasteiger partial charge in [-0.25, -0.2) is 4.98 Å². The Morgan fingerprint density at radius 1 is 1.42 bits per heavy atom. The second-order valence-electron chi connectivity index (χ2n) is 5.58. The summed E-state index contributed by atoms with van der Waals surface area (Å²) < 4.78 is 5.77. The minimum absolute atomic E-state index is 0.000308. The topological polar surface area (TPSA) is 83.0 Å². The van der Waals surface area contributed by atoms with Crippen LogP contribution in [-0.4, -0.2) is 64.0 Å². The Kier molecular flexibility index (Phi) is 6.51. The molecule has 0 radical (unpaired) electrons. The van der Waals surface area contributed by atoms with Crippen LogP contribution in [0.15, 0.2) is 4.91 Å². The molecule has 0 unspecified atom stereocenters. The third-order valence-electron chi connectivity index (χ3n) is 3.79. The average Bonchev–Trinajstić information content (AvgIpc) is 3.10. The second kappa shape index (κ2) is 8.66. The van der Waals surface area contributed by atoms with Crippen LogP contribution in [-0.2, 0) is 14.3 Å². The third-order valence-corrected chi connectivity index (χ3v) is 6.63. The number of morpholine rings is 1. The number of anilines is 1. The molecule has 11 heteroatoms. The van der Waals surface area contributed by atoms with Gasteiger partial charge in [0.1, 0.15) is 9.47 Å². The number of carbonyl (C=O) groups is 2. The molecule has 0 bridgehead atoms. The first-order valence-corrected chi connectivity index (χ1v) is 10.3. The molecule has 2 saturated heterocycles. The Labute approximate surface area is 169 Å². The summed E-state index contributed by atoms with van der Waals surface area (Å²) in [6.45, 7) is 3.12. The summed E-state index contributed by atoms with van der Waals surface area (Å²) >= 11 is 14.1. The van der Waals surface area contributed by atoms with Gasteiger partial charge in [-0.1, -0.05) is 46.9 Å². The number of aliphatic carboxylic acids is 1. The summed E-state index contributed by atoms with van der Waals surface area (Å²) in [5.41, 5.74) is 0. The number of ether oxygens (including phenoxy) is 1.